The van der Waals surface area contributed by atoms with E-state index in [9.17, 15) is 9.90 Å². The van der Waals surface area contributed by atoms with E-state index in [1.165, 1.54) is 17.3 Å². The van der Waals surface area contributed by atoms with Crippen molar-refractivity contribution in [1.29, 1.82) is 0 Å². The van der Waals surface area contributed by atoms with Crippen LogP contribution in [-0.2, 0) is 19.6 Å². The van der Waals surface area contributed by atoms with Gasteiger partial charge in [0.15, 0.2) is 0 Å². The molecular formula is C21H18BrN3O3. The number of fused-ring (bicyclic) bond motifs is 1. The summed E-state index contributed by atoms with van der Waals surface area (Å²) in [5.41, 5.74) is 2.98. The first-order valence-electron chi connectivity index (χ1n) is 8.89. The number of carboxylic acids is 1. The van der Waals surface area contributed by atoms with Crippen LogP contribution in [0.15, 0.2) is 59.2 Å². The van der Waals surface area contributed by atoms with Crippen molar-refractivity contribution >= 4 is 27.8 Å². The number of benzene rings is 2. The fourth-order valence-corrected chi connectivity index (χ4v) is 3.60. The lowest BCUT2D eigenvalue weighted by atomic mass is 10.0. The Morgan fingerprint density at radius 1 is 1.18 bits per heavy atom. The molecule has 0 spiro atoms. The third kappa shape index (κ3) is 3.99. The Labute approximate surface area is 171 Å². The average Bonchev–Trinajstić information content (AvgIpc) is 2.71. The minimum absolute atomic E-state index is 0.0520. The standard InChI is InChI=1S/C21H18BrN3O3/c22-16-6-3-7-17(10-16)28-13-19-18(20(26)27)11-23-21(24-19)25-9-8-14-4-1-2-5-15(14)12-25/h1-7,10-11H,8-9,12-13H2,(H,26,27). The largest absolute Gasteiger partial charge is 0.487 e. The van der Waals surface area contributed by atoms with Crippen molar-refractivity contribution in [3.05, 3.63) is 81.6 Å². The third-order valence-electron chi connectivity index (χ3n) is 4.67. The molecule has 4 rings (SSSR count). The topological polar surface area (TPSA) is 75.5 Å². The summed E-state index contributed by atoms with van der Waals surface area (Å²) in [5, 5.41) is 9.48. The van der Waals surface area contributed by atoms with E-state index in [0.717, 1.165) is 17.4 Å². The highest BCUT2D eigenvalue weighted by Gasteiger charge is 2.21. The van der Waals surface area contributed by atoms with Gasteiger partial charge in [-0.05, 0) is 35.7 Å². The average molecular weight is 440 g/mol. The van der Waals surface area contributed by atoms with Crippen molar-refractivity contribution in [2.24, 2.45) is 0 Å². The highest BCUT2D eigenvalue weighted by molar-refractivity contribution is 9.10. The van der Waals surface area contributed by atoms with Crippen molar-refractivity contribution < 1.29 is 14.6 Å². The molecule has 0 aliphatic carbocycles. The van der Waals surface area contributed by atoms with Gasteiger partial charge in [0.25, 0.3) is 0 Å². The predicted octanol–water partition coefficient (Wildman–Crippen LogP) is 4.08. The molecule has 3 aromatic rings. The Kier molecular flexibility index (Phi) is 5.25. The van der Waals surface area contributed by atoms with Crippen LogP contribution in [0.3, 0.4) is 0 Å². The normalized spacial score (nSPS) is 13.1. The number of carbonyl (C=O) groups is 1. The molecule has 1 aromatic heterocycles. The van der Waals surface area contributed by atoms with Gasteiger partial charge in [0.1, 0.15) is 17.9 Å². The molecule has 28 heavy (non-hydrogen) atoms. The zero-order valence-corrected chi connectivity index (χ0v) is 16.6. The number of carboxylic acid groups (broad SMARTS) is 1. The van der Waals surface area contributed by atoms with Gasteiger partial charge in [-0.15, -0.1) is 0 Å². The second-order valence-corrected chi connectivity index (χ2v) is 7.44. The fourth-order valence-electron chi connectivity index (χ4n) is 3.22. The summed E-state index contributed by atoms with van der Waals surface area (Å²) in [6.45, 7) is 1.54. The van der Waals surface area contributed by atoms with E-state index in [1.807, 2.05) is 36.4 Å². The van der Waals surface area contributed by atoms with Gasteiger partial charge in [0.2, 0.25) is 5.95 Å². The zero-order chi connectivity index (χ0) is 19.5. The first-order valence-corrected chi connectivity index (χ1v) is 9.69. The Hall–Kier alpha value is -2.93. The quantitative estimate of drug-likeness (QED) is 0.645. The molecule has 0 saturated carbocycles. The molecule has 2 aromatic carbocycles. The van der Waals surface area contributed by atoms with E-state index in [1.54, 1.807) is 0 Å². The SMILES string of the molecule is O=C(O)c1cnc(N2CCc3ccccc3C2)nc1COc1cccc(Br)c1. The summed E-state index contributed by atoms with van der Waals surface area (Å²) in [5.74, 6) is 0.0912. The van der Waals surface area contributed by atoms with Crippen LogP contribution in [0.25, 0.3) is 0 Å². The number of aromatic carboxylic acids is 1. The van der Waals surface area contributed by atoms with E-state index in [-0.39, 0.29) is 12.2 Å². The first kappa shape index (κ1) is 18.4. The molecule has 7 heteroatoms. The molecule has 1 aliphatic rings. The molecule has 2 heterocycles. The minimum atomic E-state index is -1.07. The molecule has 0 bridgehead atoms. The van der Waals surface area contributed by atoms with Crippen molar-refractivity contribution in [3.8, 4) is 5.75 Å². The van der Waals surface area contributed by atoms with E-state index in [2.05, 4.69) is 42.9 Å². The second kappa shape index (κ2) is 7.98. The molecule has 6 nitrogen and oxygen atoms in total. The molecule has 0 unspecified atom stereocenters. The van der Waals surface area contributed by atoms with Crippen LogP contribution in [0.4, 0.5) is 5.95 Å². The summed E-state index contributed by atoms with van der Waals surface area (Å²) < 4.78 is 6.65. The predicted molar refractivity (Wildman–Crippen MR) is 109 cm³/mol. The maximum atomic E-state index is 11.6. The lowest BCUT2D eigenvalue weighted by Gasteiger charge is -2.29. The van der Waals surface area contributed by atoms with E-state index < -0.39 is 5.97 Å². The van der Waals surface area contributed by atoms with Crippen LogP contribution >= 0.6 is 15.9 Å². The third-order valence-corrected chi connectivity index (χ3v) is 5.16. The Morgan fingerprint density at radius 2 is 2.00 bits per heavy atom. The number of hydrogen-bond acceptors (Lipinski definition) is 5. The summed E-state index contributed by atoms with van der Waals surface area (Å²) in [7, 11) is 0. The molecular weight excluding hydrogens is 422 g/mol. The molecule has 0 amide bonds. The molecule has 0 saturated heterocycles. The highest BCUT2D eigenvalue weighted by Crippen LogP contribution is 2.24. The number of hydrogen-bond donors (Lipinski definition) is 1. The van der Waals surface area contributed by atoms with Gasteiger partial charge >= 0.3 is 5.97 Å². The van der Waals surface area contributed by atoms with Crippen LogP contribution < -0.4 is 9.64 Å². The highest BCUT2D eigenvalue weighted by atomic mass is 79.9. The Bertz CT molecular complexity index is 1030. The summed E-state index contributed by atoms with van der Waals surface area (Å²) in [4.78, 5) is 22.5. The van der Waals surface area contributed by atoms with Crippen molar-refractivity contribution in [1.82, 2.24) is 9.97 Å². The molecule has 1 aliphatic heterocycles. The van der Waals surface area contributed by atoms with Crippen LogP contribution in [-0.4, -0.2) is 27.6 Å². The van der Waals surface area contributed by atoms with Gasteiger partial charge in [0.05, 0.1) is 5.69 Å². The number of ether oxygens (including phenoxy) is 1. The smallest absolute Gasteiger partial charge is 0.339 e. The maximum Gasteiger partial charge on any atom is 0.339 e. The zero-order valence-electron chi connectivity index (χ0n) is 15.0. The van der Waals surface area contributed by atoms with Crippen LogP contribution in [0.5, 0.6) is 5.75 Å². The van der Waals surface area contributed by atoms with E-state index in [0.29, 0.717) is 23.9 Å². The van der Waals surface area contributed by atoms with E-state index in [4.69, 9.17) is 4.74 Å². The van der Waals surface area contributed by atoms with Crippen LogP contribution in [0.1, 0.15) is 27.2 Å². The van der Waals surface area contributed by atoms with Gasteiger partial charge in [-0.3, -0.25) is 0 Å². The number of anilines is 1. The fraction of sp³-hybridized carbons (Fsp3) is 0.190. The Balaban J connectivity index is 1.58. The Morgan fingerprint density at radius 3 is 2.79 bits per heavy atom. The maximum absolute atomic E-state index is 11.6. The minimum Gasteiger partial charge on any atom is -0.487 e. The lowest BCUT2D eigenvalue weighted by molar-refractivity contribution is 0.0692. The number of nitrogens with zero attached hydrogens (tertiary/aromatic N) is 3. The van der Waals surface area contributed by atoms with Gasteiger partial charge < -0.3 is 14.7 Å². The van der Waals surface area contributed by atoms with Crippen LogP contribution in [0, 0.1) is 0 Å². The van der Waals surface area contributed by atoms with E-state index >= 15 is 0 Å². The first-order chi connectivity index (χ1) is 13.6. The van der Waals surface area contributed by atoms with Crippen molar-refractivity contribution in [2.45, 2.75) is 19.6 Å². The monoisotopic (exact) mass is 439 g/mol. The molecule has 142 valence electrons. The van der Waals surface area contributed by atoms with Gasteiger partial charge in [-0.1, -0.05) is 46.3 Å². The molecule has 0 atom stereocenters. The van der Waals surface area contributed by atoms with Gasteiger partial charge in [-0.2, -0.15) is 0 Å². The van der Waals surface area contributed by atoms with Crippen molar-refractivity contribution in [2.75, 3.05) is 11.4 Å². The number of halogens is 1. The summed E-state index contributed by atoms with van der Waals surface area (Å²) in [6, 6.07) is 15.7. The van der Waals surface area contributed by atoms with Gasteiger partial charge in [-0.25, -0.2) is 14.8 Å². The summed E-state index contributed by atoms with van der Waals surface area (Å²) in [6.07, 6.45) is 2.27. The van der Waals surface area contributed by atoms with Gasteiger partial charge in [0, 0.05) is 23.8 Å². The summed E-state index contributed by atoms with van der Waals surface area (Å²) >= 11 is 3.40. The number of rotatable bonds is 5. The molecule has 1 N–H and O–H groups in total. The lowest BCUT2D eigenvalue weighted by Crippen LogP contribution is -2.32. The molecule has 0 radical (unpaired) electrons. The van der Waals surface area contributed by atoms with Crippen LogP contribution in [0.2, 0.25) is 0 Å². The molecule has 0 fully saturated rings. The number of aromatic nitrogens is 2. The van der Waals surface area contributed by atoms with Crippen molar-refractivity contribution in [3.63, 3.8) is 0 Å². The second-order valence-electron chi connectivity index (χ2n) is 6.52.